The molecule has 0 bridgehead atoms. The molecule has 96 valence electrons. The van der Waals surface area contributed by atoms with Crippen LogP contribution in [-0.2, 0) is 12.9 Å². The number of hydrogen-bond donors (Lipinski definition) is 0. The first-order valence-electron chi connectivity index (χ1n) is 6.13. The van der Waals surface area contributed by atoms with Crippen molar-refractivity contribution in [2.24, 2.45) is 5.92 Å². The molecule has 0 amide bonds. The third-order valence-corrected chi connectivity index (χ3v) is 3.20. The topological polar surface area (TPSA) is 30.7 Å². The summed E-state index contributed by atoms with van der Waals surface area (Å²) in [6.45, 7) is -4.83. The quantitative estimate of drug-likeness (QED) is 0.717. The van der Waals surface area contributed by atoms with E-state index in [4.69, 9.17) is 0 Å². The zero-order chi connectivity index (χ0) is 12.3. The van der Waals surface area contributed by atoms with Crippen molar-refractivity contribution in [2.75, 3.05) is 0 Å². The van der Waals surface area contributed by atoms with E-state index in [2.05, 4.69) is 10.3 Å². The second-order valence-electron chi connectivity index (χ2n) is 4.85. The van der Waals surface area contributed by atoms with Crippen LogP contribution in [0.1, 0.15) is 37.8 Å². The van der Waals surface area contributed by atoms with Crippen LogP contribution < -0.4 is 51.4 Å². The number of hydrogen-bond acceptors (Lipinski definition) is 2. The maximum Gasteiger partial charge on any atom is 1.00 e. The minimum Gasteiger partial charge on any atom is -0.448 e. The van der Waals surface area contributed by atoms with Crippen molar-refractivity contribution < 1.29 is 64.3 Å². The van der Waals surface area contributed by atoms with Gasteiger partial charge in [0.1, 0.15) is 0 Å². The fourth-order valence-electron chi connectivity index (χ4n) is 2.42. The first-order chi connectivity index (χ1) is 8.03. The smallest absolute Gasteiger partial charge is 0.448 e. The van der Waals surface area contributed by atoms with E-state index in [9.17, 15) is 12.9 Å². The summed E-state index contributed by atoms with van der Waals surface area (Å²) in [7, 11) is 0. The molecule has 1 heterocycles. The van der Waals surface area contributed by atoms with E-state index in [0.717, 1.165) is 23.9 Å². The Morgan fingerprint density at radius 3 is 2.50 bits per heavy atom. The Bertz CT molecular complexity index is 363. The fourth-order valence-corrected chi connectivity index (χ4v) is 2.42. The fraction of sp³-hybridized carbons (Fsp3) is 0.800. The summed E-state index contributed by atoms with van der Waals surface area (Å²) >= 11 is 0. The summed E-state index contributed by atoms with van der Waals surface area (Å²) in [6, 6.07) is 0. The molecule has 1 aliphatic carbocycles. The normalized spacial score (nSPS) is 17.5. The van der Waals surface area contributed by atoms with Gasteiger partial charge in [-0.3, -0.25) is 4.68 Å². The number of rotatable bonds is 4. The van der Waals surface area contributed by atoms with E-state index >= 15 is 0 Å². The Hall–Kier alpha value is 0.631. The van der Waals surface area contributed by atoms with Gasteiger partial charge in [0.15, 0.2) is 0 Å². The minimum absolute atomic E-state index is 0. The van der Waals surface area contributed by atoms with Gasteiger partial charge in [-0.25, -0.2) is 0 Å². The van der Waals surface area contributed by atoms with Gasteiger partial charge in [-0.1, -0.05) is 37.3 Å². The molecule has 2 rings (SSSR count). The Kier molecular flexibility index (Phi) is 6.88. The van der Waals surface area contributed by atoms with Crippen LogP contribution in [0.4, 0.5) is 12.9 Å². The molecule has 0 saturated heterocycles. The monoisotopic (exact) mass is 285 g/mol. The van der Waals surface area contributed by atoms with E-state index in [0.29, 0.717) is 11.6 Å². The van der Waals surface area contributed by atoms with Crippen LogP contribution in [0.5, 0.6) is 0 Å². The van der Waals surface area contributed by atoms with E-state index < -0.39 is 13.4 Å². The zero-order valence-electron chi connectivity index (χ0n) is 10.7. The molecular formula is C10H16BF3KN3. The molecule has 8 heteroatoms. The Labute approximate surface area is 147 Å². The van der Waals surface area contributed by atoms with Crippen molar-refractivity contribution in [1.29, 1.82) is 0 Å². The molecule has 1 aromatic rings. The van der Waals surface area contributed by atoms with Gasteiger partial charge in [0.05, 0.1) is 5.69 Å². The average molecular weight is 285 g/mol. The van der Waals surface area contributed by atoms with Crippen LogP contribution in [0.2, 0.25) is 0 Å². The molecule has 0 unspecified atom stereocenters. The number of aromatic nitrogens is 3. The summed E-state index contributed by atoms with van der Waals surface area (Å²) in [5, 5.41) is 7.35. The molecule has 1 aliphatic rings. The molecule has 1 fully saturated rings. The molecule has 3 nitrogen and oxygen atoms in total. The summed E-state index contributed by atoms with van der Waals surface area (Å²) in [6.07, 6.45) is 7.27. The maximum absolute atomic E-state index is 12.2. The first kappa shape index (κ1) is 16.7. The summed E-state index contributed by atoms with van der Waals surface area (Å²) in [5.74, 6) is 0.574. The van der Waals surface area contributed by atoms with Crippen molar-refractivity contribution in [3.63, 3.8) is 0 Å². The third-order valence-electron chi connectivity index (χ3n) is 3.20. The molecule has 0 spiro atoms. The van der Waals surface area contributed by atoms with Crippen LogP contribution in [0.25, 0.3) is 0 Å². The summed E-state index contributed by atoms with van der Waals surface area (Å²) in [4.78, 5) is 0. The number of nitrogens with zero attached hydrogens (tertiary/aromatic N) is 3. The molecular weight excluding hydrogens is 269 g/mol. The van der Waals surface area contributed by atoms with Gasteiger partial charge in [-0.15, -0.1) is 5.10 Å². The zero-order valence-corrected chi connectivity index (χ0v) is 13.8. The summed E-state index contributed by atoms with van der Waals surface area (Å²) in [5.41, 5.74) is 0.692. The van der Waals surface area contributed by atoms with E-state index in [-0.39, 0.29) is 51.4 Å². The summed E-state index contributed by atoms with van der Waals surface area (Å²) < 4.78 is 37.5. The van der Waals surface area contributed by atoms with Crippen molar-refractivity contribution in [3.05, 3.63) is 11.9 Å². The van der Waals surface area contributed by atoms with Gasteiger partial charge >= 0.3 is 58.4 Å². The molecule has 1 saturated carbocycles. The molecule has 1 aromatic heterocycles. The largest absolute Gasteiger partial charge is 1.00 e. The molecule has 0 N–H and O–H groups in total. The van der Waals surface area contributed by atoms with E-state index in [1.54, 1.807) is 0 Å². The molecule has 0 atom stereocenters. The van der Waals surface area contributed by atoms with Gasteiger partial charge in [0.25, 0.3) is 0 Å². The van der Waals surface area contributed by atoms with Gasteiger partial charge in [0, 0.05) is 12.6 Å². The van der Waals surface area contributed by atoms with Crippen LogP contribution in [0.15, 0.2) is 6.20 Å². The second-order valence-corrected chi connectivity index (χ2v) is 4.85. The predicted octanol–water partition coefficient (Wildman–Crippen LogP) is -0.209. The van der Waals surface area contributed by atoms with E-state index in [1.807, 2.05) is 0 Å². The van der Waals surface area contributed by atoms with Gasteiger partial charge < -0.3 is 12.9 Å². The van der Waals surface area contributed by atoms with Crippen molar-refractivity contribution in [3.8, 4) is 0 Å². The molecule has 0 aromatic carbocycles. The average Bonchev–Trinajstić information content (AvgIpc) is 2.64. The van der Waals surface area contributed by atoms with Crippen molar-refractivity contribution in [1.82, 2.24) is 15.0 Å². The van der Waals surface area contributed by atoms with Gasteiger partial charge in [-0.2, -0.15) is 0 Å². The maximum atomic E-state index is 12.2. The van der Waals surface area contributed by atoms with Crippen LogP contribution in [0.3, 0.4) is 0 Å². The molecule has 0 aliphatic heterocycles. The van der Waals surface area contributed by atoms with Gasteiger partial charge in [-0.05, 0) is 12.3 Å². The van der Waals surface area contributed by atoms with Crippen LogP contribution in [-0.4, -0.2) is 22.0 Å². The van der Waals surface area contributed by atoms with Gasteiger partial charge in [0.2, 0.25) is 0 Å². The predicted molar refractivity (Wildman–Crippen MR) is 59.4 cm³/mol. The van der Waals surface area contributed by atoms with Crippen LogP contribution in [0, 0.1) is 5.92 Å². The minimum atomic E-state index is -4.83. The Morgan fingerprint density at radius 1 is 1.22 bits per heavy atom. The number of halogens is 3. The molecule has 0 radical (unpaired) electrons. The SMILES string of the molecule is F[B-](F)(F)Cn1cc(CC2CCCCC2)nn1.[K+]. The standard InChI is InChI=1S/C10H16BF3N3.K/c12-11(13,14)8-17-7-10(15-16-17)6-9-4-2-1-3-5-9;/h7,9H,1-6,8H2;/q-1;+1. The Balaban J connectivity index is 0.00000162. The van der Waals surface area contributed by atoms with Crippen LogP contribution >= 0.6 is 0 Å². The van der Waals surface area contributed by atoms with E-state index in [1.165, 1.54) is 25.5 Å². The third kappa shape index (κ3) is 5.73. The molecule has 18 heavy (non-hydrogen) atoms. The van der Waals surface area contributed by atoms with Crippen molar-refractivity contribution in [2.45, 2.75) is 45.0 Å². The first-order valence-corrected chi connectivity index (χ1v) is 6.13. The van der Waals surface area contributed by atoms with Crippen molar-refractivity contribution >= 4 is 6.98 Å². The Morgan fingerprint density at radius 2 is 1.89 bits per heavy atom. The second kappa shape index (κ2) is 7.42.